The van der Waals surface area contributed by atoms with Gasteiger partial charge in [-0.1, -0.05) is 30.3 Å². The highest BCUT2D eigenvalue weighted by molar-refractivity contribution is 5.65. The van der Waals surface area contributed by atoms with Gasteiger partial charge in [0.1, 0.15) is 5.75 Å². The lowest BCUT2D eigenvalue weighted by Gasteiger charge is -2.12. The molecule has 0 spiro atoms. The molecule has 0 aliphatic rings. The molecule has 0 bridgehead atoms. The Morgan fingerprint density at radius 3 is 2.33 bits per heavy atom. The monoisotopic (exact) mass is 241 g/mol. The fourth-order valence-corrected chi connectivity index (χ4v) is 1.94. The molecule has 94 valence electrons. The van der Waals surface area contributed by atoms with E-state index in [0.717, 1.165) is 5.75 Å². The molecule has 1 unspecified atom stereocenters. The highest BCUT2D eigenvalue weighted by Crippen LogP contribution is 2.25. The molecular weight excluding hydrogens is 222 g/mol. The van der Waals surface area contributed by atoms with Gasteiger partial charge in [-0.2, -0.15) is 0 Å². The maximum Gasteiger partial charge on any atom is 0.118 e. The SMILES string of the molecule is CNC(C)c1cccc(-c2ccc(OC)cc2)c1. The summed E-state index contributed by atoms with van der Waals surface area (Å²) in [5, 5.41) is 3.26. The summed E-state index contributed by atoms with van der Waals surface area (Å²) in [6.07, 6.45) is 0. The summed E-state index contributed by atoms with van der Waals surface area (Å²) < 4.78 is 5.17. The average Bonchev–Trinajstić information content (AvgIpc) is 2.46. The Bertz CT molecular complexity index is 505. The van der Waals surface area contributed by atoms with Crippen LogP contribution in [-0.4, -0.2) is 14.2 Å². The number of methoxy groups -OCH3 is 1. The first-order chi connectivity index (χ1) is 8.74. The van der Waals surface area contributed by atoms with Gasteiger partial charge < -0.3 is 10.1 Å². The zero-order valence-corrected chi connectivity index (χ0v) is 11.1. The molecule has 2 heteroatoms. The number of hydrogen-bond acceptors (Lipinski definition) is 2. The quantitative estimate of drug-likeness (QED) is 0.882. The average molecular weight is 241 g/mol. The van der Waals surface area contributed by atoms with Crippen molar-refractivity contribution in [2.24, 2.45) is 0 Å². The number of benzene rings is 2. The molecule has 0 aliphatic heterocycles. The molecule has 0 amide bonds. The smallest absolute Gasteiger partial charge is 0.118 e. The highest BCUT2D eigenvalue weighted by atomic mass is 16.5. The molecule has 2 nitrogen and oxygen atoms in total. The molecule has 0 saturated heterocycles. The van der Waals surface area contributed by atoms with Crippen LogP contribution in [0, 0.1) is 0 Å². The Labute approximate surface area is 109 Å². The Hall–Kier alpha value is -1.80. The predicted molar refractivity (Wildman–Crippen MR) is 75.9 cm³/mol. The molecular formula is C16H19NO. The number of rotatable bonds is 4. The summed E-state index contributed by atoms with van der Waals surface area (Å²) in [5.74, 6) is 0.887. The zero-order chi connectivity index (χ0) is 13.0. The van der Waals surface area contributed by atoms with E-state index in [1.54, 1.807) is 7.11 Å². The van der Waals surface area contributed by atoms with Gasteiger partial charge in [0.25, 0.3) is 0 Å². The van der Waals surface area contributed by atoms with Gasteiger partial charge in [0, 0.05) is 6.04 Å². The van der Waals surface area contributed by atoms with Crippen LogP contribution in [0.1, 0.15) is 18.5 Å². The van der Waals surface area contributed by atoms with Gasteiger partial charge >= 0.3 is 0 Å². The standard InChI is InChI=1S/C16H19NO/c1-12(17-2)14-5-4-6-15(11-14)13-7-9-16(18-3)10-8-13/h4-12,17H,1-3H3. The molecule has 0 saturated carbocycles. The van der Waals surface area contributed by atoms with Crippen LogP contribution < -0.4 is 10.1 Å². The van der Waals surface area contributed by atoms with Crippen molar-refractivity contribution in [1.29, 1.82) is 0 Å². The Balaban J connectivity index is 2.32. The summed E-state index contributed by atoms with van der Waals surface area (Å²) in [7, 11) is 3.66. The zero-order valence-electron chi connectivity index (χ0n) is 11.1. The van der Waals surface area contributed by atoms with Crippen LogP contribution >= 0.6 is 0 Å². The summed E-state index contributed by atoms with van der Waals surface area (Å²) in [5.41, 5.74) is 3.74. The first kappa shape index (κ1) is 12.7. The van der Waals surface area contributed by atoms with Crippen molar-refractivity contribution >= 4 is 0 Å². The minimum atomic E-state index is 0.364. The first-order valence-corrected chi connectivity index (χ1v) is 6.16. The van der Waals surface area contributed by atoms with Gasteiger partial charge in [-0.15, -0.1) is 0 Å². The van der Waals surface area contributed by atoms with E-state index in [0.29, 0.717) is 6.04 Å². The van der Waals surface area contributed by atoms with Crippen LogP contribution in [-0.2, 0) is 0 Å². The summed E-state index contributed by atoms with van der Waals surface area (Å²) in [6, 6.07) is 17.1. The van der Waals surface area contributed by atoms with Crippen molar-refractivity contribution in [1.82, 2.24) is 5.32 Å². The summed E-state index contributed by atoms with van der Waals surface area (Å²) >= 11 is 0. The lowest BCUT2D eigenvalue weighted by Crippen LogP contribution is -2.12. The van der Waals surface area contributed by atoms with E-state index < -0.39 is 0 Å². The second-order valence-corrected chi connectivity index (χ2v) is 4.36. The molecule has 2 rings (SSSR count). The van der Waals surface area contributed by atoms with Crippen molar-refractivity contribution in [3.63, 3.8) is 0 Å². The molecule has 2 aromatic rings. The maximum atomic E-state index is 5.17. The van der Waals surface area contributed by atoms with Gasteiger partial charge in [-0.3, -0.25) is 0 Å². The largest absolute Gasteiger partial charge is 0.497 e. The van der Waals surface area contributed by atoms with Gasteiger partial charge in [0.15, 0.2) is 0 Å². The molecule has 18 heavy (non-hydrogen) atoms. The number of ether oxygens (including phenoxy) is 1. The summed E-state index contributed by atoms with van der Waals surface area (Å²) in [4.78, 5) is 0. The van der Waals surface area contributed by atoms with Gasteiger partial charge in [0.05, 0.1) is 7.11 Å². The molecule has 2 aromatic carbocycles. The molecule has 0 radical (unpaired) electrons. The fourth-order valence-electron chi connectivity index (χ4n) is 1.94. The van der Waals surface area contributed by atoms with Gasteiger partial charge in [-0.05, 0) is 48.9 Å². The second kappa shape index (κ2) is 5.69. The van der Waals surface area contributed by atoms with E-state index in [2.05, 4.69) is 48.6 Å². The topological polar surface area (TPSA) is 21.3 Å². The Morgan fingerprint density at radius 1 is 1.00 bits per heavy atom. The highest BCUT2D eigenvalue weighted by Gasteiger charge is 2.04. The first-order valence-electron chi connectivity index (χ1n) is 6.16. The van der Waals surface area contributed by atoms with E-state index in [-0.39, 0.29) is 0 Å². The van der Waals surface area contributed by atoms with Gasteiger partial charge in [-0.25, -0.2) is 0 Å². The third kappa shape index (κ3) is 2.71. The Morgan fingerprint density at radius 2 is 1.72 bits per heavy atom. The second-order valence-electron chi connectivity index (χ2n) is 4.36. The molecule has 0 aliphatic carbocycles. The number of hydrogen-bond donors (Lipinski definition) is 1. The van der Waals surface area contributed by atoms with E-state index in [1.165, 1.54) is 16.7 Å². The van der Waals surface area contributed by atoms with Crippen molar-refractivity contribution in [2.75, 3.05) is 14.2 Å². The summed E-state index contributed by atoms with van der Waals surface area (Å²) in [6.45, 7) is 2.16. The fraction of sp³-hybridized carbons (Fsp3) is 0.250. The molecule has 1 N–H and O–H groups in total. The lowest BCUT2D eigenvalue weighted by molar-refractivity contribution is 0.415. The van der Waals surface area contributed by atoms with Crippen LogP contribution in [0.2, 0.25) is 0 Å². The van der Waals surface area contributed by atoms with E-state index >= 15 is 0 Å². The van der Waals surface area contributed by atoms with Crippen molar-refractivity contribution < 1.29 is 4.74 Å². The van der Waals surface area contributed by atoms with Crippen molar-refractivity contribution in [2.45, 2.75) is 13.0 Å². The van der Waals surface area contributed by atoms with E-state index in [1.807, 2.05) is 19.2 Å². The van der Waals surface area contributed by atoms with Crippen LogP contribution in [0.5, 0.6) is 5.75 Å². The molecule has 0 heterocycles. The molecule has 0 aromatic heterocycles. The van der Waals surface area contributed by atoms with Crippen molar-refractivity contribution in [3.05, 3.63) is 54.1 Å². The van der Waals surface area contributed by atoms with Crippen LogP contribution in [0.15, 0.2) is 48.5 Å². The molecule has 1 atom stereocenters. The van der Waals surface area contributed by atoms with Crippen LogP contribution in [0.3, 0.4) is 0 Å². The minimum Gasteiger partial charge on any atom is -0.497 e. The van der Waals surface area contributed by atoms with E-state index in [9.17, 15) is 0 Å². The molecule has 0 fully saturated rings. The predicted octanol–water partition coefficient (Wildman–Crippen LogP) is 3.64. The number of nitrogens with one attached hydrogen (secondary N) is 1. The van der Waals surface area contributed by atoms with Crippen LogP contribution in [0.25, 0.3) is 11.1 Å². The van der Waals surface area contributed by atoms with Gasteiger partial charge in [0.2, 0.25) is 0 Å². The normalized spacial score (nSPS) is 12.2. The Kier molecular flexibility index (Phi) is 4.00. The third-order valence-corrected chi connectivity index (χ3v) is 3.24. The minimum absolute atomic E-state index is 0.364. The van der Waals surface area contributed by atoms with Crippen molar-refractivity contribution in [3.8, 4) is 16.9 Å². The third-order valence-electron chi connectivity index (χ3n) is 3.24. The van der Waals surface area contributed by atoms with E-state index in [4.69, 9.17) is 4.74 Å². The maximum absolute atomic E-state index is 5.17. The lowest BCUT2D eigenvalue weighted by atomic mass is 10.0. The van der Waals surface area contributed by atoms with Crippen LogP contribution in [0.4, 0.5) is 0 Å².